The molecule has 0 aliphatic carbocycles. The molecule has 0 saturated heterocycles. The number of hydrogen-bond donors (Lipinski definition) is 0. The van der Waals surface area contributed by atoms with Crippen LogP contribution in [-0.2, 0) is 11.2 Å². The van der Waals surface area contributed by atoms with Crippen molar-refractivity contribution >= 4 is 28.8 Å². The van der Waals surface area contributed by atoms with Gasteiger partial charge in [-0.05, 0) is 50.3 Å². The van der Waals surface area contributed by atoms with E-state index in [4.69, 9.17) is 4.74 Å². The average Bonchev–Trinajstić information content (AvgIpc) is 3.26. The van der Waals surface area contributed by atoms with Crippen LogP contribution in [0.15, 0.2) is 71.9 Å². The Morgan fingerprint density at radius 1 is 1.21 bits per heavy atom. The number of likely N-dealkylation sites (N-methyl/N-ethyl adjacent to an activating group) is 1. The summed E-state index contributed by atoms with van der Waals surface area (Å²) in [5.41, 5.74) is 5.24. The molecule has 0 saturated carbocycles. The Balaban J connectivity index is 0.00000187. The summed E-state index contributed by atoms with van der Waals surface area (Å²) in [5, 5.41) is 3.32. The van der Waals surface area contributed by atoms with Crippen molar-refractivity contribution < 1.29 is 4.74 Å². The minimum Gasteiger partial charge on any atom is -0.479 e. The largest absolute Gasteiger partial charge is 0.479 e. The first-order chi connectivity index (χ1) is 16.1. The molecule has 1 aromatic carbocycles. The average molecular weight is 464 g/mol. The summed E-state index contributed by atoms with van der Waals surface area (Å²) >= 11 is 1.73. The number of aliphatic imine (C=N–C) groups is 1. The minimum atomic E-state index is -0.0351. The molecule has 0 spiro atoms. The van der Waals surface area contributed by atoms with Crippen molar-refractivity contribution in [1.29, 1.82) is 0 Å². The van der Waals surface area contributed by atoms with Crippen LogP contribution in [0.2, 0.25) is 0 Å². The quantitative estimate of drug-likeness (QED) is 0.274. The Morgan fingerprint density at radius 2 is 2.00 bits per heavy atom. The Bertz CT molecular complexity index is 1020. The number of unbranched alkanes of at least 4 members (excludes halogenated alkanes) is 2. The zero-order valence-corrected chi connectivity index (χ0v) is 21.5. The summed E-state index contributed by atoms with van der Waals surface area (Å²) < 4.78 is 5.60. The number of hydrogen-bond acceptors (Lipinski definition) is 5. The van der Waals surface area contributed by atoms with Gasteiger partial charge in [0.2, 0.25) is 5.88 Å². The van der Waals surface area contributed by atoms with E-state index in [2.05, 4.69) is 76.8 Å². The first-order valence-corrected chi connectivity index (χ1v) is 12.5. The number of thiazole rings is 1. The first-order valence-electron chi connectivity index (χ1n) is 11.6. The second-order valence-electron chi connectivity index (χ2n) is 7.52. The molecule has 176 valence electrons. The Hall–Kier alpha value is -2.92. The van der Waals surface area contributed by atoms with E-state index >= 15 is 0 Å². The summed E-state index contributed by atoms with van der Waals surface area (Å²) in [4.78, 5) is 11.3. The van der Waals surface area contributed by atoms with Crippen LogP contribution >= 0.6 is 11.3 Å². The molecule has 0 amide bonds. The smallest absolute Gasteiger partial charge is 0.238 e. The van der Waals surface area contributed by atoms with E-state index in [1.165, 1.54) is 5.69 Å². The summed E-state index contributed by atoms with van der Waals surface area (Å²) in [5.74, 6) is 0.592. The lowest BCUT2D eigenvalue weighted by Gasteiger charge is -2.34. The van der Waals surface area contributed by atoms with E-state index in [0.29, 0.717) is 5.88 Å². The lowest BCUT2D eigenvalue weighted by atomic mass is 10.0. The molecule has 1 aliphatic rings. The molecule has 0 N–H and O–H groups in total. The van der Waals surface area contributed by atoms with Crippen LogP contribution in [0.1, 0.15) is 54.9 Å². The summed E-state index contributed by atoms with van der Waals surface area (Å²) in [6, 6.07) is 8.42. The Kier molecular flexibility index (Phi) is 10.8. The lowest BCUT2D eigenvalue weighted by molar-refractivity contribution is 0.275. The molecule has 0 fully saturated rings. The fourth-order valence-electron chi connectivity index (χ4n) is 3.74. The van der Waals surface area contributed by atoms with Gasteiger partial charge in [0.15, 0.2) is 0 Å². The highest BCUT2D eigenvalue weighted by atomic mass is 32.1. The van der Waals surface area contributed by atoms with Crippen molar-refractivity contribution in [2.24, 2.45) is 4.99 Å². The molecular formula is C28H37N3OS. The van der Waals surface area contributed by atoms with Gasteiger partial charge in [0, 0.05) is 18.0 Å². The molecule has 0 bridgehead atoms. The summed E-state index contributed by atoms with van der Waals surface area (Å²) in [6.07, 6.45) is 12.5. The topological polar surface area (TPSA) is 37.7 Å². The normalized spacial score (nSPS) is 15.7. The standard InChI is InChI=1S/C26H31N3OS.C2H6/c1-6-23-24(7-2)29(4)25(26(28-23)30-5)21-15-12-14-20(17-21)13-10-8-9-11-16-22-18-31-19(3)27-22;1-2/h6-7,10,12-15,17-18,24H,1-2,8-9,11,16H2,3-5H3;1-2H3/b13-10+;. The SMILES string of the molecule is C=CC1=NC(OC)=C(c2cccc(/C=C/CCCCc3csc(C)n3)c2)N(C)C1C=C.CC. The molecule has 2 aromatic rings. The first kappa shape index (κ1) is 26.3. The fraction of sp³-hybridized carbons (Fsp3) is 0.357. The van der Waals surface area contributed by atoms with E-state index < -0.39 is 0 Å². The maximum Gasteiger partial charge on any atom is 0.238 e. The molecule has 2 heterocycles. The molecule has 1 atom stereocenters. The molecule has 4 nitrogen and oxygen atoms in total. The maximum absolute atomic E-state index is 5.60. The highest BCUT2D eigenvalue weighted by Crippen LogP contribution is 2.31. The molecule has 1 aromatic heterocycles. The number of aryl methyl sites for hydroxylation is 2. The van der Waals surface area contributed by atoms with E-state index in [9.17, 15) is 0 Å². The van der Waals surface area contributed by atoms with Crippen molar-refractivity contribution in [2.45, 2.75) is 52.5 Å². The van der Waals surface area contributed by atoms with Crippen LogP contribution in [0.4, 0.5) is 0 Å². The molecule has 33 heavy (non-hydrogen) atoms. The lowest BCUT2D eigenvalue weighted by Crippen LogP contribution is -2.38. The van der Waals surface area contributed by atoms with Crippen LogP contribution in [0, 0.1) is 6.92 Å². The number of nitrogens with zero attached hydrogens (tertiary/aromatic N) is 3. The van der Waals surface area contributed by atoms with Gasteiger partial charge in [-0.2, -0.15) is 0 Å². The molecule has 1 aliphatic heterocycles. The van der Waals surface area contributed by atoms with Gasteiger partial charge in [0.1, 0.15) is 5.70 Å². The number of methoxy groups -OCH3 is 1. The van der Waals surface area contributed by atoms with Crippen LogP contribution < -0.4 is 0 Å². The monoisotopic (exact) mass is 463 g/mol. The number of ether oxygens (including phenoxy) is 1. The van der Waals surface area contributed by atoms with Crippen LogP contribution in [0.5, 0.6) is 0 Å². The van der Waals surface area contributed by atoms with Gasteiger partial charge >= 0.3 is 0 Å². The predicted octanol–water partition coefficient (Wildman–Crippen LogP) is 7.30. The minimum absolute atomic E-state index is 0.0351. The third-order valence-electron chi connectivity index (χ3n) is 5.32. The van der Waals surface area contributed by atoms with Crippen molar-refractivity contribution in [3.05, 3.63) is 88.7 Å². The summed E-state index contributed by atoms with van der Waals surface area (Å²) in [7, 11) is 3.68. The second-order valence-corrected chi connectivity index (χ2v) is 8.58. The Morgan fingerprint density at radius 3 is 2.64 bits per heavy atom. The predicted molar refractivity (Wildman–Crippen MR) is 145 cm³/mol. The van der Waals surface area contributed by atoms with Gasteiger partial charge in [0.25, 0.3) is 0 Å². The summed E-state index contributed by atoms with van der Waals surface area (Å²) in [6.45, 7) is 13.9. The van der Waals surface area contributed by atoms with Gasteiger partial charge in [-0.25, -0.2) is 9.98 Å². The van der Waals surface area contributed by atoms with Crippen molar-refractivity contribution in [1.82, 2.24) is 9.88 Å². The number of aromatic nitrogens is 1. The highest BCUT2D eigenvalue weighted by Gasteiger charge is 2.27. The van der Waals surface area contributed by atoms with Crippen molar-refractivity contribution in [3.63, 3.8) is 0 Å². The molecule has 1 unspecified atom stereocenters. The second kappa shape index (κ2) is 13.6. The number of allylic oxidation sites excluding steroid dienone is 1. The van der Waals surface area contributed by atoms with Gasteiger partial charge < -0.3 is 9.64 Å². The molecular weight excluding hydrogens is 426 g/mol. The molecule has 3 rings (SSSR count). The Labute approximate surface area is 203 Å². The third-order valence-corrected chi connectivity index (χ3v) is 6.14. The maximum atomic E-state index is 5.60. The zero-order chi connectivity index (χ0) is 24.2. The van der Waals surface area contributed by atoms with Crippen LogP contribution in [-0.4, -0.2) is 35.8 Å². The molecule has 5 heteroatoms. The fourth-order valence-corrected chi connectivity index (χ4v) is 4.39. The van der Waals surface area contributed by atoms with E-state index in [-0.39, 0.29) is 6.04 Å². The van der Waals surface area contributed by atoms with Crippen molar-refractivity contribution in [3.8, 4) is 0 Å². The van der Waals surface area contributed by atoms with E-state index in [0.717, 1.165) is 53.2 Å². The number of benzene rings is 1. The third kappa shape index (κ3) is 7.03. The van der Waals surface area contributed by atoms with E-state index in [1.54, 1.807) is 24.5 Å². The van der Waals surface area contributed by atoms with Gasteiger partial charge in [0.05, 0.1) is 29.6 Å². The number of rotatable bonds is 10. The van der Waals surface area contributed by atoms with Gasteiger partial charge in [-0.15, -0.1) is 17.9 Å². The van der Waals surface area contributed by atoms with E-state index in [1.807, 2.05) is 27.0 Å². The molecule has 0 radical (unpaired) electrons. The highest BCUT2D eigenvalue weighted by molar-refractivity contribution is 7.09. The van der Waals surface area contributed by atoms with Crippen molar-refractivity contribution in [2.75, 3.05) is 14.2 Å². The van der Waals surface area contributed by atoms with Crippen LogP contribution in [0.3, 0.4) is 0 Å². The van der Waals surface area contributed by atoms with Gasteiger partial charge in [-0.3, -0.25) is 0 Å². The van der Waals surface area contributed by atoms with Crippen LogP contribution in [0.25, 0.3) is 11.8 Å². The zero-order valence-electron chi connectivity index (χ0n) is 20.7. The van der Waals surface area contributed by atoms with Gasteiger partial charge in [-0.1, -0.05) is 56.9 Å².